The van der Waals surface area contributed by atoms with Crippen molar-refractivity contribution in [3.63, 3.8) is 0 Å². The fraction of sp³-hybridized carbons (Fsp3) is 0.333. The van der Waals surface area contributed by atoms with E-state index in [1.807, 2.05) is 37.1 Å². The molecule has 194 valence electrons. The van der Waals surface area contributed by atoms with Gasteiger partial charge in [-0.05, 0) is 38.1 Å². The third-order valence-electron chi connectivity index (χ3n) is 6.35. The monoisotopic (exact) mass is 526 g/mol. The predicted octanol–water partition coefficient (Wildman–Crippen LogP) is 2.73. The molecule has 0 bridgehead atoms. The number of aromatic hydroxyl groups is 2. The van der Waals surface area contributed by atoms with Crippen LogP contribution in [-0.4, -0.2) is 71.7 Å². The minimum Gasteiger partial charge on any atom is -0.493 e. The van der Waals surface area contributed by atoms with E-state index in [0.29, 0.717) is 53.9 Å². The van der Waals surface area contributed by atoms with Crippen molar-refractivity contribution in [2.45, 2.75) is 26.3 Å². The Hall–Kier alpha value is -4.19. The number of piperazine rings is 1. The fourth-order valence-corrected chi connectivity index (χ4v) is 4.46. The molecule has 4 aromatic rings. The first-order chi connectivity index (χ1) is 17.7. The predicted molar refractivity (Wildman–Crippen MR) is 140 cm³/mol. The van der Waals surface area contributed by atoms with Crippen LogP contribution in [0, 0.1) is 0 Å². The highest BCUT2D eigenvalue weighted by molar-refractivity contribution is 6.30. The van der Waals surface area contributed by atoms with E-state index in [-0.39, 0.29) is 35.8 Å². The highest BCUT2D eigenvalue weighted by Gasteiger charge is 2.26. The van der Waals surface area contributed by atoms with Crippen molar-refractivity contribution in [3.05, 3.63) is 51.7 Å². The van der Waals surface area contributed by atoms with Gasteiger partial charge in [-0.15, -0.1) is 0 Å². The fourth-order valence-electron chi connectivity index (χ4n) is 4.33. The van der Waals surface area contributed by atoms with Gasteiger partial charge in [-0.3, -0.25) is 9.78 Å². The van der Waals surface area contributed by atoms with Crippen LogP contribution in [0.2, 0.25) is 5.02 Å². The Morgan fingerprint density at radius 1 is 1.11 bits per heavy atom. The second kappa shape index (κ2) is 9.69. The van der Waals surface area contributed by atoms with Crippen molar-refractivity contribution in [2.24, 2.45) is 0 Å². The number of halogens is 1. The number of carbonyl (C=O) groups excluding carboxylic acids is 1. The number of amides is 1. The number of hydrogen-bond acceptors (Lipinski definition) is 8. The zero-order valence-electron chi connectivity index (χ0n) is 20.3. The topological polar surface area (TPSA) is 155 Å². The van der Waals surface area contributed by atoms with Crippen LogP contribution >= 0.6 is 11.6 Å². The van der Waals surface area contributed by atoms with Crippen molar-refractivity contribution in [1.29, 1.82) is 0 Å². The van der Waals surface area contributed by atoms with E-state index in [2.05, 4.69) is 20.3 Å². The second-order valence-corrected chi connectivity index (χ2v) is 9.61. The smallest absolute Gasteiger partial charge is 0.325 e. The Balaban J connectivity index is 1.39. The summed E-state index contributed by atoms with van der Waals surface area (Å²) in [6.45, 7) is 5.71. The zero-order valence-corrected chi connectivity index (χ0v) is 21.1. The molecule has 0 spiro atoms. The molecule has 1 amide bonds. The van der Waals surface area contributed by atoms with Gasteiger partial charge in [0.15, 0.2) is 0 Å². The van der Waals surface area contributed by atoms with Gasteiger partial charge in [-0.25, -0.2) is 9.78 Å². The molecule has 5 N–H and O–H groups in total. The first-order valence-corrected chi connectivity index (χ1v) is 12.2. The molecule has 1 aliphatic rings. The summed E-state index contributed by atoms with van der Waals surface area (Å²) < 4.78 is 1.74. The summed E-state index contributed by atoms with van der Waals surface area (Å²) >= 11 is 6.03. The molecule has 1 saturated heterocycles. The summed E-state index contributed by atoms with van der Waals surface area (Å²) in [5.41, 5.74) is 0.818. The van der Waals surface area contributed by atoms with Crippen molar-refractivity contribution >= 4 is 45.9 Å². The number of carbonyl (C=O) groups is 1. The summed E-state index contributed by atoms with van der Waals surface area (Å²) in [5, 5.41) is 25.3. The quantitative estimate of drug-likeness (QED) is 0.257. The van der Waals surface area contributed by atoms with Crippen LogP contribution < -0.4 is 15.9 Å². The Kier molecular flexibility index (Phi) is 6.42. The summed E-state index contributed by atoms with van der Waals surface area (Å²) in [7, 11) is 0. The molecule has 0 aliphatic carbocycles. The molecular formula is C24H27ClN8O4. The van der Waals surface area contributed by atoms with Gasteiger partial charge in [-0.1, -0.05) is 11.6 Å². The molecule has 12 nitrogen and oxygen atoms in total. The van der Waals surface area contributed by atoms with Gasteiger partial charge in [0.1, 0.15) is 11.3 Å². The number of benzene rings is 1. The molecule has 0 radical (unpaired) electrons. The van der Waals surface area contributed by atoms with Crippen molar-refractivity contribution in [1.82, 2.24) is 29.4 Å². The number of anilines is 3. The van der Waals surface area contributed by atoms with Gasteiger partial charge in [0.25, 0.3) is 0 Å². The van der Waals surface area contributed by atoms with Crippen molar-refractivity contribution in [3.8, 4) is 11.8 Å². The Bertz CT molecular complexity index is 1500. The Morgan fingerprint density at radius 3 is 2.43 bits per heavy atom. The highest BCUT2D eigenvalue weighted by atomic mass is 35.5. The average Bonchev–Trinajstić information content (AvgIpc) is 3.38. The molecule has 0 atom stereocenters. The summed E-state index contributed by atoms with van der Waals surface area (Å²) in [6, 6.07) is 7.26. The third-order valence-corrected chi connectivity index (χ3v) is 6.60. The number of nitrogens with zero attached hydrogens (tertiary/aromatic N) is 5. The lowest BCUT2D eigenvalue weighted by Gasteiger charge is -2.34. The number of H-pyrrole nitrogens is 2. The number of aromatic nitrogens is 5. The van der Waals surface area contributed by atoms with E-state index in [1.54, 1.807) is 21.6 Å². The summed E-state index contributed by atoms with van der Waals surface area (Å²) in [4.78, 5) is 41.8. The number of fused-ring (bicyclic) bond motifs is 1. The van der Waals surface area contributed by atoms with Crippen LogP contribution in [-0.2, 0) is 11.2 Å². The van der Waals surface area contributed by atoms with Gasteiger partial charge in [-0.2, -0.15) is 4.98 Å². The van der Waals surface area contributed by atoms with Crippen LogP contribution in [0.1, 0.15) is 25.6 Å². The van der Waals surface area contributed by atoms with E-state index in [4.69, 9.17) is 16.6 Å². The molecule has 4 heterocycles. The number of rotatable bonds is 6. The molecule has 1 aromatic carbocycles. The van der Waals surface area contributed by atoms with Crippen LogP contribution in [0.5, 0.6) is 11.8 Å². The molecule has 0 unspecified atom stereocenters. The maximum atomic E-state index is 12.7. The Labute approximate surface area is 216 Å². The molecular weight excluding hydrogens is 500 g/mol. The number of hydrogen-bond donors (Lipinski definition) is 5. The molecule has 0 saturated carbocycles. The van der Waals surface area contributed by atoms with Crippen LogP contribution in [0.15, 0.2) is 35.3 Å². The number of nitrogens with one attached hydrogen (secondary N) is 3. The van der Waals surface area contributed by atoms with Crippen molar-refractivity contribution < 1.29 is 15.0 Å². The minimum atomic E-state index is -0.560. The average molecular weight is 527 g/mol. The van der Waals surface area contributed by atoms with Gasteiger partial charge >= 0.3 is 5.69 Å². The van der Waals surface area contributed by atoms with E-state index >= 15 is 0 Å². The van der Waals surface area contributed by atoms with Crippen LogP contribution in [0.25, 0.3) is 10.9 Å². The SMILES string of the molecule is CC(C)n1cc2c(Nc3ccc(Cl)cc3)nc(N3CCN(C(=O)Cc4[nH]c(=O)[nH]c4O)CC3)nc2c1O. The lowest BCUT2D eigenvalue weighted by molar-refractivity contribution is -0.130. The Morgan fingerprint density at radius 2 is 1.81 bits per heavy atom. The maximum Gasteiger partial charge on any atom is 0.325 e. The van der Waals surface area contributed by atoms with E-state index in [0.717, 1.165) is 5.69 Å². The van der Waals surface area contributed by atoms with E-state index < -0.39 is 5.69 Å². The standard InChI is InChI=1S/C24H27ClN8O4/c1-13(2)33-12-16-19(22(33)36)28-23(29-20(16)26-15-5-3-14(25)4-6-15)32-9-7-31(8-10-32)18(34)11-17-21(35)30-24(37)27-17/h3-6,12-13,35-36H,7-11H2,1-2H3,(H,26,28,29)(H2,27,30,37). The van der Waals surface area contributed by atoms with Gasteiger partial charge in [0.05, 0.1) is 17.5 Å². The molecule has 1 fully saturated rings. The lowest BCUT2D eigenvalue weighted by Crippen LogP contribution is -2.49. The zero-order chi connectivity index (χ0) is 26.3. The molecule has 37 heavy (non-hydrogen) atoms. The third kappa shape index (κ3) is 4.92. The highest BCUT2D eigenvalue weighted by Crippen LogP contribution is 2.35. The number of aromatic amines is 2. The molecule has 3 aromatic heterocycles. The molecule has 1 aliphatic heterocycles. The molecule has 5 rings (SSSR count). The number of imidazole rings is 1. The van der Waals surface area contributed by atoms with Gasteiger partial charge in [0, 0.05) is 49.1 Å². The second-order valence-electron chi connectivity index (χ2n) is 9.17. The minimum absolute atomic E-state index is 0.0185. The normalized spacial score (nSPS) is 14.1. The van der Waals surface area contributed by atoms with Gasteiger partial charge < -0.3 is 34.9 Å². The van der Waals surface area contributed by atoms with Gasteiger partial charge in [0.2, 0.25) is 23.6 Å². The van der Waals surface area contributed by atoms with E-state index in [1.165, 1.54) is 0 Å². The van der Waals surface area contributed by atoms with Crippen molar-refractivity contribution in [2.75, 3.05) is 36.4 Å². The lowest BCUT2D eigenvalue weighted by atomic mass is 10.2. The van der Waals surface area contributed by atoms with E-state index in [9.17, 15) is 19.8 Å². The first-order valence-electron chi connectivity index (χ1n) is 11.9. The van der Waals surface area contributed by atoms with Crippen LogP contribution in [0.4, 0.5) is 17.5 Å². The first kappa shape index (κ1) is 24.5. The van der Waals surface area contributed by atoms with Crippen LogP contribution in [0.3, 0.4) is 0 Å². The summed E-state index contributed by atoms with van der Waals surface area (Å²) in [6.07, 6.45) is 1.72. The largest absolute Gasteiger partial charge is 0.493 e. The molecule has 13 heteroatoms. The maximum absolute atomic E-state index is 12.7. The summed E-state index contributed by atoms with van der Waals surface area (Å²) in [5.74, 6) is 0.496.